The molecule has 5 nitrogen and oxygen atoms in total. The van der Waals surface area contributed by atoms with Crippen LogP contribution in [0.3, 0.4) is 0 Å². The van der Waals surface area contributed by atoms with E-state index in [-0.39, 0.29) is 11.6 Å². The molecule has 0 radical (unpaired) electrons. The Kier molecular flexibility index (Phi) is 4.57. The first-order valence-corrected chi connectivity index (χ1v) is 8.68. The number of thioether (sulfide) groups is 1. The number of non-ortho nitro benzene ring substituents is 1. The zero-order valence-electron chi connectivity index (χ0n) is 13.6. The standard InChI is InChI=1S/C18H18N2O3S/c1-12-11-14(20(22)23)7-8-15(12)18(21)19-10-9-13(2)24-17-6-4-3-5-16(17)19/h3-8,11,13H,9-10H2,1-2H3. The molecule has 2 aromatic rings. The minimum absolute atomic E-state index is 0.00416. The maximum Gasteiger partial charge on any atom is 0.269 e. The summed E-state index contributed by atoms with van der Waals surface area (Å²) in [7, 11) is 0. The van der Waals surface area contributed by atoms with Gasteiger partial charge >= 0.3 is 0 Å². The molecule has 0 saturated heterocycles. The number of para-hydroxylation sites is 1. The SMILES string of the molecule is Cc1cc([N+](=O)[O-])ccc1C(=O)N1CCC(C)Sc2ccccc21. The van der Waals surface area contributed by atoms with Gasteiger partial charge < -0.3 is 4.90 Å². The van der Waals surface area contributed by atoms with E-state index in [1.54, 1.807) is 29.7 Å². The lowest BCUT2D eigenvalue weighted by atomic mass is 10.1. The van der Waals surface area contributed by atoms with Crippen molar-refractivity contribution < 1.29 is 9.72 Å². The number of hydrogen-bond donors (Lipinski definition) is 0. The van der Waals surface area contributed by atoms with Crippen molar-refractivity contribution in [3.05, 3.63) is 63.7 Å². The summed E-state index contributed by atoms with van der Waals surface area (Å²) in [5, 5.41) is 11.3. The highest BCUT2D eigenvalue weighted by atomic mass is 32.2. The Morgan fingerprint density at radius 1 is 1.29 bits per heavy atom. The van der Waals surface area contributed by atoms with Gasteiger partial charge in [-0.2, -0.15) is 0 Å². The zero-order chi connectivity index (χ0) is 17.3. The fourth-order valence-corrected chi connectivity index (χ4v) is 3.96. The van der Waals surface area contributed by atoms with E-state index in [1.807, 2.05) is 24.3 Å². The number of aryl methyl sites for hydroxylation is 1. The maximum absolute atomic E-state index is 13.1. The van der Waals surface area contributed by atoms with Crippen molar-refractivity contribution in [1.29, 1.82) is 0 Å². The molecule has 1 amide bonds. The van der Waals surface area contributed by atoms with Crippen LogP contribution in [-0.4, -0.2) is 22.6 Å². The molecule has 1 aliphatic rings. The van der Waals surface area contributed by atoms with Gasteiger partial charge in [0.2, 0.25) is 0 Å². The van der Waals surface area contributed by atoms with Crippen molar-refractivity contribution in [3.63, 3.8) is 0 Å². The number of benzene rings is 2. The van der Waals surface area contributed by atoms with E-state index >= 15 is 0 Å². The van der Waals surface area contributed by atoms with Gasteiger partial charge in [0.25, 0.3) is 11.6 Å². The molecule has 124 valence electrons. The lowest BCUT2D eigenvalue weighted by Crippen LogP contribution is -2.32. The molecule has 0 aromatic heterocycles. The Bertz CT molecular complexity index is 807. The van der Waals surface area contributed by atoms with Crippen molar-refractivity contribution in [2.45, 2.75) is 30.4 Å². The third-order valence-electron chi connectivity index (χ3n) is 4.14. The zero-order valence-corrected chi connectivity index (χ0v) is 14.4. The molecule has 0 saturated carbocycles. The number of nitrogens with zero attached hydrogens (tertiary/aromatic N) is 2. The summed E-state index contributed by atoms with van der Waals surface area (Å²) in [5.41, 5.74) is 2.05. The number of hydrogen-bond acceptors (Lipinski definition) is 4. The molecule has 1 heterocycles. The first-order chi connectivity index (χ1) is 11.5. The van der Waals surface area contributed by atoms with E-state index in [1.165, 1.54) is 12.1 Å². The van der Waals surface area contributed by atoms with Gasteiger partial charge in [-0.05, 0) is 37.1 Å². The van der Waals surface area contributed by atoms with Crippen molar-refractivity contribution in [2.24, 2.45) is 0 Å². The topological polar surface area (TPSA) is 63.5 Å². The molecule has 0 aliphatic carbocycles. The van der Waals surface area contributed by atoms with Crippen LogP contribution in [0.5, 0.6) is 0 Å². The van der Waals surface area contributed by atoms with E-state index in [9.17, 15) is 14.9 Å². The van der Waals surface area contributed by atoms with Crippen LogP contribution in [0.4, 0.5) is 11.4 Å². The first-order valence-electron chi connectivity index (χ1n) is 7.80. The third-order valence-corrected chi connectivity index (χ3v) is 5.38. The number of amides is 1. The van der Waals surface area contributed by atoms with Crippen LogP contribution in [0.1, 0.15) is 29.3 Å². The first kappa shape index (κ1) is 16.5. The molecular formula is C18H18N2O3S. The van der Waals surface area contributed by atoms with Gasteiger partial charge in [0.05, 0.1) is 10.6 Å². The molecule has 0 fully saturated rings. The number of anilines is 1. The summed E-state index contributed by atoms with van der Waals surface area (Å²) in [5.74, 6) is -0.107. The Hall–Kier alpha value is -2.34. The average Bonchev–Trinajstić information content (AvgIpc) is 2.72. The lowest BCUT2D eigenvalue weighted by molar-refractivity contribution is -0.384. The number of carbonyl (C=O) groups excluding carboxylic acids is 1. The number of rotatable bonds is 2. The van der Waals surface area contributed by atoms with Gasteiger partial charge in [-0.3, -0.25) is 14.9 Å². The quantitative estimate of drug-likeness (QED) is 0.598. The van der Waals surface area contributed by atoms with E-state index < -0.39 is 4.92 Å². The summed E-state index contributed by atoms with van der Waals surface area (Å²) >= 11 is 1.78. The largest absolute Gasteiger partial charge is 0.307 e. The summed E-state index contributed by atoms with van der Waals surface area (Å²) < 4.78 is 0. The Balaban J connectivity index is 1.99. The summed E-state index contributed by atoms with van der Waals surface area (Å²) in [6.45, 7) is 4.54. The normalized spacial score (nSPS) is 17.1. The molecule has 2 aromatic carbocycles. The molecule has 24 heavy (non-hydrogen) atoms. The molecule has 1 aliphatic heterocycles. The minimum Gasteiger partial charge on any atom is -0.307 e. The van der Waals surface area contributed by atoms with Gasteiger partial charge in [-0.25, -0.2) is 0 Å². The molecule has 0 N–H and O–H groups in total. The predicted molar refractivity (Wildman–Crippen MR) is 95.9 cm³/mol. The fraction of sp³-hybridized carbons (Fsp3) is 0.278. The van der Waals surface area contributed by atoms with Crippen LogP contribution in [0.15, 0.2) is 47.4 Å². The lowest BCUT2D eigenvalue weighted by Gasteiger charge is -2.23. The second-order valence-electron chi connectivity index (χ2n) is 5.90. The Morgan fingerprint density at radius 2 is 2.04 bits per heavy atom. The monoisotopic (exact) mass is 342 g/mol. The number of nitro groups is 1. The van der Waals surface area contributed by atoms with E-state index in [0.717, 1.165) is 17.0 Å². The minimum atomic E-state index is -0.444. The second kappa shape index (κ2) is 6.65. The van der Waals surface area contributed by atoms with Crippen LogP contribution in [0, 0.1) is 17.0 Å². The van der Waals surface area contributed by atoms with Gasteiger partial charge in [-0.1, -0.05) is 19.1 Å². The van der Waals surface area contributed by atoms with Gasteiger partial charge in [-0.15, -0.1) is 11.8 Å². The number of carbonyl (C=O) groups is 1. The van der Waals surface area contributed by atoms with E-state index in [4.69, 9.17) is 0 Å². The molecule has 3 rings (SSSR count). The third kappa shape index (κ3) is 3.14. The highest BCUT2D eigenvalue weighted by Crippen LogP contribution is 2.38. The van der Waals surface area contributed by atoms with Crippen molar-refractivity contribution in [1.82, 2.24) is 0 Å². The van der Waals surface area contributed by atoms with Crippen LogP contribution < -0.4 is 4.90 Å². The molecular weight excluding hydrogens is 324 g/mol. The molecule has 1 atom stereocenters. The van der Waals surface area contributed by atoms with E-state index in [2.05, 4.69) is 6.92 Å². The van der Waals surface area contributed by atoms with Crippen molar-refractivity contribution >= 4 is 29.0 Å². The summed E-state index contributed by atoms with van der Waals surface area (Å²) in [4.78, 5) is 26.4. The summed E-state index contributed by atoms with van der Waals surface area (Å²) in [6.07, 6.45) is 0.900. The fourth-order valence-electron chi connectivity index (χ4n) is 2.84. The van der Waals surface area contributed by atoms with Crippen LogP contribution in [-0.2, 0) is 0 Å². The molecule has 6 heteroatoms. The maximum atomic E-state index is 13.1. The van der Waals surface area contributed by atoms with Gasteiger partial charge in [0.15, 0.2) is 0 Å². The molecule has 1 unspecified atom stereocenters. The average molecular weight is 342 g/mol. The Labute approximate surface area is 144 Å². The summed E-state index contributed by atoms with van der Waals surface area (Å²) in [6, 6.07) is 12.3. The number of nitro benzene ring substituents is 1. The highest BCUT2D eigenvalue weighted by molar-refractivity contribution is 8.00. The van der Waals surface area contributed by atoms with Crippen LogP contribution >= 0.6 is 11.8 Å². The van der Waals surface area contributed by atoms with Crippen molar-refractivity contribution in [2.75, 3.05) is 11.4 Å². The Morgan fingerprint density at radius 3 is 2.75 bits per heavy atom. The van der Waals surface area contributed by atoms with Gasteiger partial charge in [0, 0.05) is 34.4 Å². The van der Waals surface area contributed by atoms with Crippen molar-refractivity contribution in [3.8, 4) is 0 Å². The highest BCUT2D eigenvalue weighted by Gasteiger charge is 2.26. The molecule has 0 spiro atoms. The number of fused-ring (bicyclic) bond motifs is 1. The van der Waals surface area contributed by atoms with Gasteiger partial charge in [0.1, 0.15) is 0 Å². The smallest absolute Gasteiger partial charge is 0.269 e. The van der Waals surface area contributed by atoms with Crippen LogP contribution in [0.25, 0.3) is 0 Å². The second-order valence-corrected chi connectivity index (χ2v) is 7.38. The van der Waals surface area contributed by atoms with Crippen LogP contribution in [0.2, 0.25) is 0 Å². The molecule has 0 bridgehead atoms. The predicted octanol–water partition coefficient (Wildman–Crippen LogP) is 4.43. The van der Waals surface area contributed by atoms with E-state index in [0.29, 0.717) is 22.9 Å².